The Morgan fingerprint density at radius 3 is 2.61 bits per heavy atom. The van der Waals surface area contributed by atoms with Crippen LogP contribution in [0.5, 0.6) is 0 Å². The first-order valence-electron chi connectivity index (χ1n) is 9.37. The van der Waals surface area contributed by atoms with Crippen LogP contribution in [-0.2, 0) is 24.3 Å². The minimum Gasteiger partial charge on any atom is -0.322 e. The Morgan fingerprint density at radius 2 is 1.89 bits per heavy atom. The van der Waals surface area contributed by atoms with Gasteiger partial charge in [-0.3, -0.25) is 4.79 Å². The van der Waals surface area contributed by atoms with Crippen LogP contribution in [0.15, 0.2) is 42.6 Å². The normalized spacial score (nSPS) is 12.9. The topological polar surface area (TPSA) is 37.9 Å². The molecular formula is C22H22Cl2N3O+. The summed E-state index contributed by atoms with van der Waals surface area (Å²) in [6.45, 7) is 5.24. The number of nitrogens with one attached hydrogen (secondary N) is 1. The van der Waals surface area contributed by atoms with Gasteiger partial charge < -0.3 is 5.32 Å². The van der Waals surface area contributed by atoms with E-state index in [1.807, 2.05) is 61.0 Å². The molecule has 4 rings (SSSR count). The van der Waals surface area contributed by atoms with Crippen molar-refractivity contribution in [1.29, 1.82) is 0 Å². The Balaban J connectivity index is 1.62. The van der Waals surface area contributed by atoms with Crippen LogP contribution in [0.2, 0.25) is 10.0 Å². The predicted octanol–water partition coefficient (Wildman–Crippen LogP) is 4.95. The van der Waals surface area contributed by atoms with E-state index in [4.69, 9.17) is 23.2 Å². The monoisotopic (exact) mass is 414 g/mol. The molecule has 0 bridgehead atoms. The van der Waals surface area contributed by atoms with E-state index in [2.05, 4.69) is 9.88 Å². The van der Waals surface area contributed by atoms with E-state index in [1.54, 1.807) is 0 Å². The van der Waals surface area contributed by atoms with Crippen LogP contribution in [0.25, 0.3) is 11.3 Å². The van der Waals surface area contributed by atoms with Gasteiger partial charge in [0, 0.05) is 11.3 Å². The van der Waals surface area contributed by atoms with E-state index < -0.39 is 0 Å². The third-order valence-electron chi connectivity index (χ3n) is 5.27. The molecule has 1 N–H and O–H groups in total. The molecule has 0 radical (unpaired) electrons. The highest BCUT2D eigenvalue weighted by Crippen LogP contribution is 2.30. The molecule has 1 aliphatic heterocycles. The molecule has 28 heavy (non-hydrogen) atoms. The first-order valence-corrected chi connectivity index (χ1v) is 10.1. The number of para-hydroxylation sites is 1. The number of amides is 1. The number of carbonyl (C=O) groups excluding carboxylic acids is 1. The van der Waals surface area contributed by atoms with E-state index in [-0.39, 0.29) is 12.5 Å². The number of carbonyl (C=O) groups is 1. The van der Waals surface area contributed by atoms with Gasteiger partial charge in [-0.1, -0.05) is 41.4 Å². The molecular weight excluding hydrogens is 393 g/mol. The SMILES string of the molecule is Cc1cccc(C)c1NC(=O)C[n+]1cc(-c2ccc(Cl)c(Cl)c2)n2c1CCC2. The second-order valence-electron chi connectivity index (χ2n) is 7.26. The molecule has 1 aliphatic rings. The lowest BCUT2D eigenvalue weighted by atomic mass is 10.1. The molecule has 4 nitrogen and oxygen atoms in total. The lowest BCUT2D eigenvalue weighted by molar-refractivity contribution is -0.690. The summed E-state index contributed by atoms with van der Waals surface area (Å²) in [5.41, 5.74) is 5.10. The van der Waals surface area contributed by atoms with Crippen LogP contribution >= 0.6 is 23.2 Å². The van der Waals surface area contributed by atoms with E-state index in [1.165, 1.54) is 0 Å². The van der Waals surface area contributed by atoms with E-state index >= 15 is 0 Å². The number of nitrogens with zero attached hydrogens (tertiary/aromatic N) is 2. The fraction of sp³-hybridized carbons (Fsp3) is 0.273. The molecule has 0 saturated heterocycles. The molecule has 1 aromatic heterocycles. The summed E-state index contributed by atoms with van der Waals surface area (Å²) < 4.78 is 4.32. The largest absolute Gasteiger partial charge is 0.322 e. The van der Waals surface area contributed by atoms with Crippen LogP contribution in [0.4, 0.5) is 5.69 Å². The number of aryl methyl sites for hydroxylation is 2. The smallest absolute Gasteiger partial charge is 0.266 e. The number of aromatic nitrogens is 2. The molecule has 0 unspecified atom stereocenters. The number of hydrogen-bond donors (Lipinski definition) is 1. The molecule has 6 heteroatoms. The number of rotatable bonds is 4. The van der Waals surface area contributed by atoms with E-state index in [0.29, 0.717) is 10.0 Å². The molecule has 0 fully saturated rings. The van der Waals surface area contributed by atoms with Gasteiger partial charge in [0.1, 0.15) is 6.20 Å². The molecule has 2 aromatic carbocycles. The fourth-order valence-corrected chi connectivity index (χ4v) is 4.18. The Hall–Kier alpha value is -2.30. The Morgan fingerprint density at radius 1 is 1.14 bits per heavy atom. The van der Waals surface area contributed by atoms with Crippen molar-refractivity contribution in [2.75, 3.05) is 5.32 Å². The number of fused-ring (bicyclic) bond motifs is 1. The van der Waals surface area contributed by atoms with Crippen molar-refractivity contribution in [3.8, 4) is 11.3 Å². The summed E-state index contributed by atoms with van der Waals surface area (Å²) in [6, 6.07) is 11.7. The van der Waals surface area contributed by atoms with Crippen LogP contribution in [0.1, 0.15) is 23.4 Å². The molecule has 0 spiro atoms. The standard InChI is InChI=1S/C22H21Cl2N3O/c1-14-5-3-6-15(2)22(14)25-20(28)13-26-12-19(27-10-4-7-21(26)27)16-8-9-17(23)18(24)11-16/h3,5-6,8-9,11-12H,4,7,10,13H2,1-2H3/p+1. The highest BCUT2D eigenvalue weighted by atomic mass is 35.5. The number of imidazole rings is 1. The Kier molecular flexibility index (Phi) is 5.17. The van der Waals surface area contributed by atoms with Gasteiger partial charge in [-0.25, -0.2) is 9.13 Å². The van der Waals surface area contributed by atoms with Crippen molar-refractivity contribution < 1.29 is 9.36 Å². The van der Waals surface area contributed by atoms with E-state index in [9.17, 15) is 4.79 Å². The molecule has 0 aliphatic carbocycles. The minimum absolute atomic E-state index is 0.0246. The van der Waals surface area contributed by atoms with Gasteiger partial charge >= 0.3 is 0 Å². The average Bonchev–Trinajstić information content (AvgIpc) is 3.25. The summed E-state index contributed by atoms with van der Waals surface area (Å²) >= 11 is 12.3. The van der Waals surface area contributed by atoms with Crippen molar-refractivity contribution in [2.24, 2.45) is 0 Å². The van der Waals surface area contributed by atoms with Crippen molar-refractivity contribution in [3.05, 3.63) is 69.6 Å². The van der Waals surface area contributed by atoms with Crippen molar-refractivity contribution >= 4 is 34.8 Å². The molecule has 1 amide bonds. The van der Waals surface area contributed by atoms with Gasteiger partial charge in [-0.15, -0.1) is 0 Å². The van der Waals surface area contributed by atoms with E-state index in [0.717, 1.165) is 53.3 Å². The maximum atomic E-state index is 12.8. The molecule has 144 valence electrons. The molecule has 0 saturated carbocycles. The third kappa shape index (κ3) is 3.54. The van der Waals surface area contributed by atoms with Gasteiger partial charge in [0.15, 0.2) is 12.2 Å². The quantitative estimate of drug-likeness (QED) is 0.602. The molecule has 2 heterocycles. The van der Waals surface area contributed by atoms with Gasteiger partial charge in [0.05, 0.1) is 23.0 Å². The zero-order valence-corrected chi connectivity index (χ0v) is 17.4. The zero-order chi connectivity index (χ0) is 19.8. The van der Waals surface area contributed by atoms with Crippen LogP contribution in [-0.4, -0.2) is 10.5 Å². The second-order valence-corrected chi connectivity index (χ2v) is 8.07. The first kappa shape index (κ1) is 19.0. The van der Waals surface area contributed by atoms with Crippen molar-refractivity contribution in [1.82, 2.24) is 4.57 Å². The number of anilines is 1. The van der Waals surface area contributed by atoms with Gasteiger partial charge in [0.2, 0.25) is 0 Å². The number of halogens is 2. The highest BCUT2D eigenvalue weighted by Gasteiger charge is 2.30. The van der Waals surface area contributed by atoms with Gasteiger partial charge in [-0.05, 0) is 49.6 Å². The molecule has 0 atom stereocenters. The fourth-order valence-electron chi connectivity index (χ4n) is 3.88. The van der Waals surface area contributed by atoms with Crippen LogP contribution in [0.3, 0.4) is 0 Å². The highest BCUT2D eigenvalue weighted by molar-refractivity contribution is 6.42. The average molecular weight is 415 g/mol. The molecule has 3 aromatic rings. The summed E-state index contributed by atoms with van der Waals surface area (Å²) in [5, 5.41) is 4.15. The summed E-state index contributed by atoms with van der Waals surface area (Å²) in [6.07, 6.45) is 4.07. The maximum absolute atomic E-state index is 12.8. The predicted molar refractivity (Wildman–Crippen MR) is 113 cm³/mol. The Bertz CT molecular complexity index is 1050. The second kappa shape index (κ2) is 7.61. The first-order chi connectivity index (χ1) is 13.4. The summed E-state index contributed by atoms with van der Waals surface area (Å²) in [4.78, 5) is 12.8. The van der Waals surface area contributed by atoms with Gasteiger partial charge in [0.25, 0.3) is 11.7 Å². The lowest BCUT2D eigenvalue weighted by Gasteiger charge is -2.10. The minimum atomic E-state index is -0.0246. The van der Waals surface area contributed by atoms with Crippen LogP contribution < -0.4 is 9.88 Å². The van der Waals surface area contributed by atoms with Crippen molar-refractivity contribution in [2.45, 2.75) is 39.8 Å². The van der Waals surface area contributed by atoms with Crippen LogP contribution in [0, 0.1) is 13.8 Å². The lowest BCUT2D eigenvalue weighted by Crippen LogP contribution is -2.42. The van der Waals surface area contributed by atoms with Gasteiger partial charge in [-0.2, -0.15) is 0 Å². The number of hydrogen-bond acceptors (Lipinski definition) is 1. The summed E-state index contributed by atoms with van der Waals surface area (Å²) in [7, 11) is 0. The number of benzene rings is 2. The third-order valence-corrected chi connectivity index (χ3v) is 6.01. The maximum Gasteiger partial charge on any atom is 0.266 e. The summed E-state index contributed by atoms with van der Waals surface area (Å²) in [5.74, 6) is 1.14. The van der Waals surface area contributed by atoms with Crippen molar-refractivity contribution in [3.63, 3.8) is 0 Å². The zero-order valence-electron chi connectivity index (χ0n) is 15.9. The Labute approximate surface area is 174 Å².